The van der Waals surface area contributed by atoms with Crippen LogP contribution >= 0.6 is 11.6 Å². The van der Waals surface area contributed by atoms with Crippen molar-refractivity contribution in [3.63, 3.8) is 0 Å². The van der Waals surface area contributed by atoms with Crippen LogP contribution in [0.2, 0.25) is 5.02 Å². The van der Waals surface area contributed by atoms with E-state index in [0.29, 0.717) is 41.0 Å². The lowest BCUT2D eigenvalue weighted by Crippen LogP contribution is -2.40. The minimum atomic E-state index is -3.68. The Hall–Kier alpha value is -2.45. The predicted octanol–water partition coefficient (Wildman–Crippen LogP) is 3.53. The number of ether oxygens (including phenoxy) is 2. The van der Waals surface area contributed by atoms with Crippen molar-refractivity contribution in [3.05, 3.63) is 52.5 Å². The minimum absolute atomic E-state index is 0.220. The van der Waals surface area contributed by atoms with Gasteiger partial charge in [0.1, 0.15) is 6.54 Å². The van der Waals surface area contributed by atoms with E-state index in [9.17, 15) is 13.2 Å². The van der Waals surface area contributed by atoms with Crippen molar-refractivity contribution >= 4 is 33.2 Å². The van der Waals surface area contributed by atoms with E-state index in [1.807, 2.05) is 19.9 Å². The molecule has 0 aromatic heterocycles. The van der Waals surface area contributed by atoms with Crippen LogP contribution in [0.3, 0.4) is 0 Å². The highest BCUT2D eigenvalue weighted by Gasteiger charge is 2.23. The molecule has 1 N–H and O–H groups in total. The molecule has 7 nitrogen and oxygen atoms in total. The van der Waals surface area contributed by atoms with Crippen LogP contribution in [0.1, 0.15) is 25.0 Å². The van der Waals surface area contributed by atoms with E-state index in [4.69, 9.17) is 21.1 Å². The molecule has 1 amide bonds. The van der Waals surface area contributed by atoms with Crippen molar-refractivity contribution in [1.29, 1.82) is 0 Å². The summed E-state index contributed by atoms with van der Waals surface area (Å²) in [6, 6.07) is 10.3. The Bertz CT molecular complexity index is 995. The van der Waals surface area contributed by atoms with Gasteiger partial charge in [0, 0.05) is 11.6 Å². The van der Waals surface area contributed by atoms with Gasteiger partial charge < -0.3 is 14.8 Å². The van der Waals surface area contributed by atoms with Crippen molar-refractivity contribution in [2.24, 2.45) is 0 Å². The highest BCUT2D eigenvalue weighted by molar-refractivity contribution is 7.92. The molecule has 0 heterocycles. The van der Waals surface area contributed by atoms with Crippen LogP contribution < -0.4 is 19.1 Å². The smallest absolute Gasteiger partial charge is 0.241 e. The summed E-state index contributed by atoms with van der Waals surface area (Å²) in [5, 5.41) is 3.18. The zero-order valence-electron chi connectivity index (χ0n) is 17.6. The zero-order valence-corrected chi connectivity index (χ0v) is 19.1. The lowest BCUT2D eigenvalue weighted by Gasteiger charge is -2.24. The van der Waals surface area contributed by atoms with Gasteiger partial charge in [-0.1, -0.05) is 23.7 Å². The molecule has 0 aliphatic heterocycles. The van der Waals surface area contributed by atoms with Gasteiger partial charge in [0.05, 0.1) is 25.2 Å². The van der Waals surface area contributed by atoms with E-state index in [0.717, 1.165) is 16.1 Å². The molecule has 30 heavy (non-hydrogen) atoms. The van der Waals surface area contributed by atoms with Gasteiger partial charge in [-0.05, 0) is 56.2 Å². The van der Waals surface area contributed by atoms with Crippen molar-refractivity contribution in [2.75, 3.05) is 30.3 Å². The second-order valence-corrected chi connectivity index (χ2v) is 8.89. The summed E-state index contributed by atoms with van der Waals surface area (Å²) in [4.78, 5) is 12.5. The van der Waals surface area contributed by atoms with Crippen molar-refractivity contribution < 1.29 is 22.7 Å². The number of anilines is 1. The normalized spacial score (nSPS) is 11.1. The average molecular weight is 455 g/mol. The molecular weight excluding hydrogens is 428 g/mol. The van der Waals surface area contributed by atoms with E-state index in [-0.39, 0.29) is 13.1 Å². The van der Waals surface area contributed by atoms with Crippen LogP contribution in [0.15, 0.2) is 36.4 Å². The monoisotopic (exact) mass is 454 g/mol. The Kier molecular flexibility index (Phi) is 8.37. The topological polar surface area (TPSA) is 84.9 Å². The molecular formula is C21H27ClN2O5S. The summed E-state index contributed by atoms with van der Waals surface area (Å²) >= 11 is 6.12. The first-order chi connectivity index (χ1) is 14.2. The number of amides is 1. The molecule has 0 aliphatic carbocycles. The Morgan fingerprint density at radius 1 is 1.10 bits per heavy atom. The highest BCUT2D eigenvalue weighted by atomic mass is 35.5. The highest BCUT2D eigenvalue weighted by Crippen LogP contribution is 2.29. The fourth-order valence-corrected chi connectivity index (χ4v) is 3.92. The summed E-state index contributed by atoms with van der Waals surface area (Å²) in [5.41, 5.74) is 1.77. The molecule has 2 aromatic carbocycles. The van der Waals surface area contributed by atoms with Crippen LogP contribution in [0.5, 0.6) is 11.5 Å². The second kappa shape index (κ2) is 10.5. The van der Waals surface area contributed by atoms with Crippen LogP contribution in [0, 0.1) is 6.92 Å². The third-order valence-corrected chi connectivity index (χ3v) is 5.83. The van der Waals surface area contributed by atoms with Gasteiger partial charge in [-0.25, -0.2) is 8.42 Å². The maximum Gasteiger partial charge on any atom is 0.241 e. The SMILES string of the molecule is CCOc1ccc(CNC(=O)CN(c2cccc(Cl)c2C)S(C)(=O)=O)cc1OCC. The van der Waals surface area contributed by atoms with Gasteiger partial charge in [0.25, 0.3) is 0 Å². The number of benzene rings is 2. The lowest BCUT2D eigenvalue weighted by atomic mass is 10.2. The number of carbonyl (C=O) groups excluding carboxylic acids is 1. The largest absolute Gasteiger partial charge is 0.490 e. The third-order valence-electron chi connectivity index (χ3n) is 4.29. The molecule has 2 aromatic rings. The average Bonchev–Trinajstić information content (AvgIpc) is 2.68. The Morgan fingerprint density at radius 2 is 1.77 bits per heavy atom. The van der Waals surface area contributed by atoms with E-state index in [1.54, 1.807) is 37.3 Å². The van der Waals surface area contributed by atoms with Crippen LogP contribution in [0.4, 0.5) is 5.69 Å². The fraction of sp³-hybridized carbons (Fsp3) is 0.381. The Morgan fingerprint density at radius 3 is 2.40 bits per heavy atom. The molecule has 0 fully saturated rings. The number of sulfonamides is 1. The molecule has 0 saturated carbocycles. The van der Waals surface area contributed by atoms with Crippen molar-refractivity contribution in [3.8, 4) is 11.5 Å². The molecule has 164 valence electrons. The number of nitrogens with one attached hydrogen (secondary N) is 1. The molecule has 0 atom stereocenters. The van der Waals surface area contributed by atoms with Gasteiger partial charge >= 0.3 is 0 Å². The number of nitrogens with zero attached hydrogens (tertiary/aromatic N) is 1. The first kappa shape index (κ1) is 23.8. The van der Waals surface area contributed by atoms with E-state index in [2.05, 4.69) is 5.32 Å². The third kappa shape index (κ3) is 6.27. The van der Waals surface area contributed by atoms with Crippen molar-refractivity contribution in [1.82, 2.24) is 5.32 Å². The maximum absolute atomic E-state index is 12.5. The lowest BCUT2D eigenvalue weighted by molar-refractivity contribution is -0.119. The van der Waals surface area contributed by atoms with Crippen LogP contribution in [-0.4, -0.2) is 40.3 Å². The first-order valence-corrected chi connectivity index (χ1v) is 11.8. The summed E-state index contributed by atoms with van der Waals surface area (Å²) < 4.78 is 36.8. The minimum Gasteiger partial charge on any atom is -0.490 e. The van der Waals surface area contributed by atoms with Crippen LogP contribution in [-0.2, 0) is 21.4 Å². The fourth-order valence-electron chi connectivity index (χ4n) is 2.84. The van der Waals surface area contributed by atoms with E-state index >= 15 is 0 Å². The van der Waals surface area contributed by atoms with Crippen molar-refractivity contribution in [2.45, 2.75) is 27.3 Å². The molecule has 0 saturated heterocycles. The van der Waals surface area contributed by atoms with Gasteiger partial charge in [0.2, 0.25) is 15.9 Å². The van der Waals surface area contributed by atoms with Gasteiger partial charge in [0.15, 0.2) is 11.5 Å². The summed E-state index contributed by atoms with van der Waals surface area (Å²) in [6.45, 7) is 6.34. The Labute approximate surface area is 183 Å². The number of hydrogen-bond acceptors (Lipinski definition) is 5. The van der Waals surface area contributed by atoms with E-state index in [1.165, 1.54) is 0 Å². The molecule has 0 bridgehead atoms. The molecule has 0 spiro atoms. The summed E-state index contributed by atoms with van der Waals surface area (Å²) in [6.07, 6.45) is 1.06. The first-order valence-electron chi connectivity index (χ1n) is 9.55. The second-order valence-electron chi connectivity index (χ2n) is 6.58. The Balaban J connectivity index is 2.13. The number of halogens is 1. The predicted molar refractivity (Wildman–Crippen MR) is 119 cm³/mol. The van der Waals surface area contributed by atoms with Gasteiger partial charge in [-0.3, -0.25) is 9.10 Å². The van der Waals surface area contributed by atoms with Gasteiger partial charge in [-0.15, -0.1) is 0 Å². The van der Waals surface area contributed by atoms with Gasteiger partial charge in [-0.2, -0.15) is 0 Å². The molecule has 9 heteroatoms. The van der Waals surface area contributed by atoms with E-state index < -0.39 is 15.9 Å². The molecule has 0 aliphatic rings. The maximum atomic E-state index is 12.5. The molecule has 0 unspecified atom stereocenters. The molecule has 2 rings (SSSR count). The number of carbonyl (C=O) groups is 1. The summed E-state index contributed by atoms with van der Waals surface area (Å²) in [5.74, 6) is 0.791. The number of hydrogen-bond donors (Lipinski definition) is 1. The quantitative estimate of drug-likeness (QED) is 0.593. The number of rotatable bonds is 10. The standard InChI is InChI=1S/C21H27ClN2O5S/c1-5-28-19-11-10-16(12-20(19)29-6-2)13-23-21(25)14-24(30(4,26)27)18-9-7-8-17(22)15(18)3/h7-12H,5-6,13-14H2,1-4H3,(H,23,25). The summed E-state index contributed by atoms with van der Waals surface area (Å²) in [7, 11) is -3.68. The molecule has 0 radical (unpaired) electrons. The zero-order chi connectivity index (χ0) is 22.3. The van der Waals surface area contributed by atoms with Crippen LogP contribution in [0.25, 0.3) is 0 Å².